The number of ether oxygens (including phenoxy) is 1. The van der Waals surface area contributed by atoms with Crippen molar-refractivity contribution in [2.24, 2.45) is 7.05 Å². The molecular weight excluding hydrogens is 536 g/mol. The normalized spacial score (nSPS) is 18.4. The van der Waals surface area contributed by atoms with Gasteiger partial charge in [-0.3, -0.25) is 9.69 Å². The van der Waals surface area contributed by atoms with E-state index in [1.165, 1.54) is 34.2 Å². The number of likely N-dealkylation sites (tertiary alicyclic amines) is 1. The highest BCUT2D eigenvalue weighted by Gasteiger charge is 2.23. The number of aromatic nitrogens is 4. The Morgan fingerprint density at radius 2 is 1.81 bits per heavy atom. The second-order valence-electron chi connectivity index (χ2n) is 12.3. The molecule has 7 rings (SSSR count). The molecule has 0 N–H and O–H groups in total. The molecule has 0 bridgehead atoms. The Hall–Kier alpha value is -4.01. The average molecular weight is 577 g/mol. The molecule has 1 unspecified atom stereocenters. The lowest BCUT2D eigenvalue weighted by Gasteiger charge is -2.32. The Morgan fingerprint density at radius 1 is 1.00 bits per heavy atom. The van der Waals surface area contributed by atoms with Gasteiger partial charge in [0.15, 0.2) is 6.23 Å². The molecule has 8 nitrogen and oxygen atoms in total. The van der Waals surface area contributed by atoms with Gasteiger partial charge in [-0.05, 0) is 104 Å². The zero-order valence-corrected chi connectivity index (χ0v) is 25.4. The minimum atomic E-state index is 0.0331. The summed E-state index contributed by atoms with van der Waals surface area (Å²) in [6, 6.07) is 19.3. The number of benzene rings is 2. The zero-order valence-electron chi connectivity index (χ0n) is 25.4. The lowest BCUT2D eigenvalue weighted by molar-refractivity contribution is -0.0366. The fourth-order valence-corrected chi connectivity index (χ4v) is 6.85. The van der Waals surface area contributed by atoms with Crippen molar-refractivity contribution in [1.82, 2.24) is 29.1 Å². The Balaban J connectivity index is 1.07. The van der Waals surface area contributed by atoms with Crippen LogP contribution in [-0.4, -0.2) is 68.8 Å². The number of nitrogens with zero attached hydrogens (tertiary/aromatic N) is 6. The first-order chi connectivity index (χ1) is 21.0. The topological polar surface area (TPSA) is 68.4 Å². The summed E-state index contributed by atoms with van der Waals surface area (Å²) < 4.78 is 10.3. The third kappa shape index (κ3) is 5.34. The molecule has 3 aromatic heterocycles. The fraction of sp³-hybridized carbons (Fsp3) is 0.400. The maximum Gasteiger partial charge on any atom is 0.253 e. The predicted molar refractivity (Wildman–Crippen MR) is 170 cm³/mol. The summed E-state index contributed by atoms with van der Waals surface area (Å²) in [7, 11) is 5.72. The molecule has 2 saturated heterocycles. The smallest absolute Gasteiger partial charge is 0.253 e. The van der Waals surface area contributed by atoms with Crippen molar-refractivity contribution in [1.29, 1.82) is 0 Å². The van der Waals surface area contributed by atoms with E-state index in [2.05, 4.69) is 59.0 Å². The van der Waals surface area contributed by atoms with Gasteiger partial charge >= 0.3 is 0 Å². The molecule has 0 spiro atoms. The second-order valence-corrected chi connectivity index (χ2v) is 12.3. The first-order valence-corrected chi connectivity index (χ1v) is 15.5. The van der Waals surface area contributed by atoms with Crippen LogP contribution in [0.4, 0.5) is 0 Å². The molecule has 1 atom stereocenters. The van der Waals surface area contributed by atoms with Gasteiger partial charge in [-0.1, -0.05) is 18.2 Å². The van der Waals surface area contributed by atoms with E-state index in [0.717, 1.165) is 74.0 Å². The summed E-state index contributed by atoms with van der Waals surface area (Å²) in [5, 5.41) is 7.01. The number of pyridine rings is 1. The van der Waals surface area contributed by atoms with Crippen LogP contribution in [0.3, 0.4) is 0 Å². The molecule has 8 heteroatoms. The van der Waals surface area contributed by atoms with Crippen molar-refractivity contribution in [2.75, 3.05) is 33.8 Å². The standard InChI is InChI=1S/C35H40N6O2/c1-38(2)35(42)26-9-7-24(8-10-26)25-14-17-40(18-15-25)23-29-21-31-30(13-16-36-34(31)39(29)3)27-11-12-32-28(20-27)22-37-41(32)33-6-4-5-19-43-33/h7-13,16,20-22,25,33H,4-6,14-15,17-19,23H2,1-3H3. The highest BCUT2D eigenvalue weighted by Crippen LogP contribution is 2.34. The predicted octanol–water partition coefficient (Wildman–Crippen LogP) is 6.37. The zero-order chi connectivity index (χ0) is 29.5. The van der Waals surface area contributed by atoms with Crippen LogP contribution in [-0.2, 0) is 18.3 Å². The lowest BCUT2D eigenvalue weighted by atomic mass is 9.89. The largest absolute Gasteiger partial charge is 0.356 e. The van der Waals surface area contributed by atoms with Crippen molar-refractivity contribution in [3.8, 4) is 11.1 Å². The van der Waals surface area contributed by atoms with Crippen molar-refractivity contribution >= 4 is 27.8 Å². The molecule has 1 amide bonds. The number of carbonyl (C=O) groups is 1. The van der Waals surface area contributed by atoms with Crippen LogP contribution in [0.5, 0.6) is 0 Å². The molecule has 0 aliphatic carbocycles. The van der Waals surface area contributed by atoms with Gasteiger partial charge in [0.2, 0.25) is 0 Å². The molecule has 2 aliphatic heterocycles. The van der Waals surface area contributed by atoms with Gasteiger partial charge in [0.25, 0.3) is 5.91 Å². The van der Waals surface area contributed by atoms with Gasteiger partial charge in [-0.25, -0.2) is 9.67 Å². The van der Waals surface area contributed by atoms with Gasteiger partial charge in [0, 0.05) is 62.5 Å². The van der Waals surface area contributed by atoms with Crippen LogP contribution in [0.2, 0.25) is 0 Å². The van der Waals surface area contributed by atoms with Crippen LogP contribution in [0, 0.1) is 0 Å². The number of rotatable bonds is 6. The summed E-state index contributed by atoms with van der Waals surface area (Å²) in [4.78, 5) is 21.2. The molecule has 43 heavy (non-hydrogen) atoms. The van der Waals surface area contributed by atoms with Crippen molar-refractivity contribution < 1.29 is 9.53 Å². The highest BCUT2D eigenvalue weighted by molar-refractivity contribution is 5.96. The molecule has 5 aromatic rings. The molecule has 0 radical (unpaired) electrons. The van der Waals surface area contributed by atoms with Crippen LogP contribution in [0.1, 0.15) is 65.9 Å². The Labute approximate surface area is 252 Å². The number of hydrogen-bond donors (Lipinski definition) is 0. The van der Waals surface area contributed by atoms with E-state index in [9.17, 15) is 4.79 Å². The number of carbonyl (C=O) groups excluding carboxylic acids is 1. The van der Waals surface area contributed by atoms with E-state index in [-0.39, 0.29) is 12.1 Å². The maximum atomic E-state index is 12.3. The van der Waals surface area contributed by atoms with Crippen molar-refractivity contribution in [2.45, 2.75) is 50.8 Å². The van der Waals surface area contributed by atoms with Crippen molar-refractivity contribution in [3.05, 3.63) is 83.8 Å². The number of fused-ring (bicyclic) bond motifs is 2. The summed E-state index contributed by atoms with van der Waals surface area (Å²) in [5.74, 6) is 0.583. The molecule has 0 saturated carbocycles. The molecule has 5 heterocycles. The fourth-order valence-electron chi connectivity index (χ4n) is 6.85. The number of aryl methyl sites for hydroxylation is 1. The first kappa shape index (κ1) is 27.8. The van der Waals surface area contributed by atoms with Gasteiger partial charge in [0.1, 0.15) is 5.65 Å². The van der Waals surface area contributed by atoms with E-state index in [1.807, 2.05) is 29.2 Å². The summed E-state index contributed by atoms with van der Waals surface area (Å²) >= 11 is 0. The minimum absolute atomic E-state index is 0.0331. The van der Waals surface area contributed by atoms with Gasteiger partial charge in [-0.2, -0.15) is 5.10 Å². The molecule has 222 valence electrons. The molecule has 2 aliphatic rings. The van der Waals surface area contributed by atoms with E-state index >= 15 is 0 Å². The monoisotopic (exact) mass is 576 g/mol. The maximum absolute atomic E-state index is 12.3. The summed E-state index contributed by atoms with van der Waals surface area (Å²) in [6.07, 6.45) is 9.49. The lowest BCUT2D eigenvalue weighted by Crippen LogP contribution is -2.33. The van der Waals surface area contributed by atoms with E-state index in [0.29, 0.717) is 5.92 Å². The van der Waals surface area contributed by atoms with E-state index in [1.54, 1.807) is 19.0 Å². The molecular formula is C35H40N6O2. The average Bonchev–Trinajstić information content (AvgIpc) is 3.62. The van der Waals surface area contributed by atoms with Crippen LogP contribution < -0.4 is 0 Å². The minimum Gasteiger partial charge on any atom is -0.356 e. The van der Waals surface area contributed by atoms with Crippen LogP contribution >= 0.6 is 0 Å². The van der Waals surface area contributed by atoms with E-state index < -0.39 is 0 Å². The Kier molecular flexibility index (Phi) is 7.49. The Morgan fingerprint density at radius 3 is 2.56 bits per heavy atom. The summed E-state index contributed by atoms with van der Waals surface area (Å²) in [6.45, 7) is 3.82. The molecule has 2 aromatic carbocycles. The number of hydrogen-bond acceptors (Lipinski definition) is 5. The van der Waals surface area contributed by atoms with Crippen molar-refractivity contribution in [3.63, 3.8) is 0 Å². The van der Waals surface area contributed by atoms with Crippen LogP contribution in [0.15, 0.2) is 67.0 Å². The SMILES string of the molecule is CN(C)C(=O)c1ccc(C2CCN(Cc3cc4c(-c5ccc6c(cnn6C6CCCCO6)c5)ccnc4n3C)CC2)cc1. The van der Waals surface area contributed by atoms with E-state index in [4.69, 9.17) is 14.8 Å². The first-order valence-electron chi connectivity index (χ1n) is 15.5. The third-order valence-corrected chi connectivity index (χ3v) is 9.37. The number of piperidine rings is 1. The van der Waals surface area contributed by atoms with Gasteiger partial charge in [0.05, 0.1) is 11.7 Å². The Bertz CT molecular complexity index is 1750. The summed E-state index contributed by atoms with van der Waals surface area (Å²) in [5.41, 5.74) is 7.88. The quantitative estimate of drug-likeness (QED) is 0.235. The highest BCUT2D eigenvalue weighted by atomic mass is 16.5. The third-order valence-electron chi connectivity index (χ3n) is 9.37. The van der Waals surface area contributed by atoms with Crippen LogP contribution in [0.25, 0.3) is 33.1 Å². The van der Waals surface area contributed by atoms with Gasteiger partial charge in [-0.15, -0.1) is 0 Å². The molecule has 2 fully saturated rings. The number of amides is 1. The van der Waals surface area contributed by atoms with Gasteiger partial charge < -0.3 is 14.2 Å². The second kappa shape index (κ2) is 11.6.